The van der Waals surface area contributed by atoms with Crippen molar-refractivity contribution in [1.29, 1.82) is 0 Å². The van der Waals surface area contributed by atoms with Crippen molar-refractivity contribution >= 4 is 5.57 Å². The molecule has 1 atom stereocenters. The predicted molar refractivity (Wildman–Crippen MR) is 128 cm³/mol. The molecule has 0 amide bonds. The number of allylic oxidation sites excluding steroid dienone is 2. The van der Waals surface area contributed by atoms with Gasteiger partial charge >= 0.3 is 0 Å². The molecule has 0 radical (unpaired) electrons. The van der Waals surface area contributed by atoms with Gasteiger partial charge in [-0.25, -0.2) is 4.98 Å². The molecule has 2 aromatic heterocycles. The summed E-state index contributed by atoms with van der Waals surface area (Å²) in [4.78, 5) is 14.5. The van der Waals surface area contributed by atoms with Gasteiger partial charge < -0.3 is 0 Å². The fraction of sp³-hybridized carbons (Fsp3) is 0.577. The van der Waals surface area contributed by atoms with Crippen molar-refractivity contribution in [1.82, 2.24) is 15.0 Å². The summed E-state index contributed by atoms with van der Waals surface area (Å²) in [6.45, 7) is 18.5. The fourth-order valence-corrected chi connectivity index (χ4v) is 3.26. The number of rotatable bonds is 7. The van der Waals surface area contributed by atoms with E-state index < -0.39 is 0 Å². The van der Waals surface area contributed by atoms with E-state index in [1.54, 1.807) is 0 Å². The number of pyridine rings is 1. The molecule has 0 aromatic carbocycles. The highest BCUT2D eigenvalue weighted by Crippen LogP contribution is 2.28. The molecule has 2 aromatic rings. The summed E-state index contributed by atoms with van der Waals surface area (Å²) in [5.74, 6) is 0.711. The average Bonchev–Trinajstić information content (AvgIpc) is 2.73. The number of aromatic nitrogens is 3. The fourth-order valence-electron chi connectivity index (χ4n) is 3.26. The van der Waals surface area contributed by atoms with Gasteiger partial charge in [-0.3, -0.25) is 14.4 Å². The molecule has 0 saturated heterocycles. The van der Waals surface area contributed by atoms with Gasteiger partial charge in [-0.15, -0.1) is 0 Å². The van der Waals surface area contributed by atoms with Crippen molar-refractivity contribution in [2.45, 2.75) is 87.5 Å². The minimum atomic E-state index is -0.159. The van der Waals surface area contributed by atoms with Crippen molar-refractivity contribution in [2.75, 3.05) is 6.67 Å². The van der Waals surface area contributed by atoms with Gasteiger partial charge in [0.05, 0.1) is 29.5 Å². The highest BCUT2D eigenvalue weighted by molar-refractivity contribution is 5.69. The molecule has 4 heteroatoms. The Hall–Kier alpha value is -2.10. The molecule has 0 bridgehead atoms. The molecule has 0 saturated carbocycles. The predicted octanol–water partition coefficient (Wildman–Crippen LogP) is 7.66. The van der Waals surface area contributed by atoms with E-state index in [9.17, 15) is 4.39 Å². The third-order valence-corrected chi connectivity index (χ3v) is 5.28. The summed E-state index contributed by atoms with van der Waals surface area (Å²) in [6.07, 6.45) is 5.07. The third kappa shape index (κ3) is 7.00. The molecule has 0 aliphatic carbocycles. The van der Waals surface area contributed by atoms with Crippen molar-refractivity contribution < 1.29 is 4.39 Å². The third-order valence-electron chi connectivity index (χ3n) is 5.28. The summed E-state index contributed by atoms with van der Waals surface area (Å²) in [7, 11) is 0. The maximum Gasteiger partial charge on any atom is 0.0943 e. The smallest absolute Gasteiger partial charge is 0.0943 e. The van der Waals surface area contributed by atoms with E-state index in [-0.39, 0.29) is 12.6 Å². The van der Waals surface area contributed by atoms with E-state index in [4.69, 9.17) is 15.0 Å². The lowest BCUT2D eigenvalue weighted by atomic mass is 10.0. The lowest BCUT2D eigenvalue weighted by Crippen LogP contribution is -2.06. The minimum absolute atomic E-state index is 0.159. The SMILES string of the molecule is C/C=C(/C)c1nc(-c2ccc(C(C)C)nc2C)c(CC)nc1C.CCCC(C)CF. The van der Waals surface area contributed by atoms with Crippen LogP contribution in [-0.4, -0.2) is 21.6 Å². The number of nitrogens with zero attached hydrogens (tertiary/aromatic N) is 3. The molecule has 0 N–H and O–H groups in total. The zero-order valence-electron chi connectivity index (χ0n) is 20.4. The van der Waals surface area contributed by atoms with Gasteiger partial charge in [0.1, 0.15) is 0 Å². The Kier molecular flexibility index (Phi) is 10.9. The van der Waals surface area contributed by atoms with Gasteiger partial charge in [-0.1, -0.05) is 47.1 Å². The summed E-state index contributed by atoms with van der Waals surface area (Å²) in [6, 6.07) is 4.25. The monoisotopic (exact) mass is 413 g/mol. The van der Waals surface area contributed by atoms with Crippen LogP contribution in [0.2, 0.25) is 0 Å². The first-order chi connectivity index (χ1) is 14.2. The van der Waals surface area contributed by atoms with Gasteiger partial charge in [-0.2, -0.15) is 0 Å². The van der Waals surface area contributed by atoms with Gasteiger partial charge in [0.25, 0.3) is 0 Å². The zero-order chi connectivity index (χ0) is 22.8. The van der Waals surface area contributed by atoms with Gasteiger partial charge in [0.15, 0.2) is 0 Å². The first-order valence-corrected chi connectivity index (χ1v) is 11.2. The summed E-state index contributed by atoms with van der Waals surface area (Å²) in [5, 5.41) is 0. The highest BCUT2D eigenvalue weighted by Gasteiger charge is 2.16. The number of halogens is 1. The molecule has 1 unspecified atom stereocenters. The Morgan fingerprint density at radius 2 is 1.70 bits per heavy atom. The summed E-state index contributed by atoms with van der Waals surface area (Å²) < 4.78 is 11.6. The van der Waals surface area contributed by atoms with Crippen LogP contribution < -0.4 is 0 Å². The molecule has 30 heavy (non-hydrogen) atoms. The Labute approximate surface area is 183 Å². The molecule has 0 aliphatic heterocycles. The van der Waals surface area contributed by atoms with Gasteiger partial charge in [0.2, 0.25) is 0 Å². The van der Waals surface area contributed by atoms with Crippen molar-refractivity contribution in [3.63, 3.8) is 0 Å². The van der Waals surface area contributed by atoms with Gasteiger partial charge in [-0.05, 0) is 70.1 Å². The van der Waals surface area contributed by atoms with E-state index >= 15 is 0 Å². The second kappa shape index (κ2) is 12.6. The Morgan fingerprint density at radius 3 is 2.13 bits per heavy atom. The summed E-state index contributed by atoms with van der Waals surface area (Å²) in [5.41, 5.74) is 8.36. The van der Waals surface area contributed by atoms with Crippen LogP contribution >= 0.6 is 0 Å². The van der Waals surface area contributed by atoms with Crippen LogP contribution in [0.25, 0.3) is 16.8 Å². The standard InChI is InChI=1S/C20H27N3.C6H13F/c1-8-13(5)19-15(7)22-17(9-2)20(23-19)16-10-11-18(12(3)4)21-14(16)6;1-3-4-6(2)5-7/h8,10-12H,9H2,1-7H3;6H,3-5H2,1-2H3/b13-8-;. The molecular weight excluding hydrogens is 373 g/mol. The zero-order valence-corrected chi connectivity index (χ0v) is 20.4. The van der Waals surface area contributed by atoms with E-state index in [1.807, 2.05) is 20.8 Å². The second-order valence-corrected chi connectivity index (χ2v) is 8.35. The van der Waals surface area contributed by atoms with Crippen LogP contribution in [0.15, 0.2) is 18.2 Å². The average molecular weight is 414 g/mol. The van der Waals surface area contributed by atoms with E-state index in [2.05, 4.69) is 59.8 Å². The lowest BCUT2D eigenvalue weighted by molar-refractivity contribution is 0.364. The summed E-state index contributed by atoms with van der Waals surface area (Å²) >= 11 is 0. The van der Waals surface area contributed by atoms with E-state index in [1.165, 1.54) is 0 Å². The molecule has 0 fully saturated rings. The van der Waals surface area contributed by atoms with Crippen LogP contribution in [0.5, 0.6) is 0 Å². The molecular formula is C26H40FN3. The van der Waals surface area contributed by atoms with E-state index in [0.29, 0.717) is 5.92 Å². The molecule has 166 valence electrons. The van der Waals surface area contributed by atoms with Crippen molar-refractivity contribution in [2.24, 2.45) is 5.92 Å². The number of aryl methyl sites for hydroxylation is 3. The maximum atomic E-state index is 11.6. The maximum absolute atomic E-state index is 11.6. The lowest BCUT2D eigenvalue weighted by Gasteiger charge is -2.15. The van der Waals surface area contributed by atoms with Crippen LogP contribution in [0, 0.1) is 19.8 Å². The Bertz CT molecular complexity index is 840. The first-order valence-electron chi connectivity index (χ1n) is 11.2. The van der Waals surface area contributed by atoms with Crippen molar-refractivity contribution in [3.8, 4) is 11.3 Å². The topological polar surface area (TPSA) is 38.7 Å². The number of hydrogen-bond donors (Lipinski definition) is 0. The number of alkyl halides is 1. The largest absolute Gasteiger partial charge is 0.257 e. The molecule has 2 rings (SSSR count). The van der Waals surface area contributed by atoms with Gasteiger partial charge in [0, 0.05) is 17.0 Å². The van der Waals surface area contributed by atoms with Crippen LogP contribution in [-0.2, 0) is 6.42 Å². The quantitative estimate of drug-likeness (QED) is 0.468. The number of hydrogen-bond acceptors (Lipinski definition) is 3. The van der Waals surface area contributed by atoms with Crippen molar-refractivity contribution in [3.05, 3.63) is 46.7 Å². The highest BCUT2D eigenvalue weighted by atomic mass is 19.1. The Balaban J connectivity index is 0.000000553. The molecule has 0 aliphatic rings. The second-order valence-electron chi connectivity index (χ2n) is 8.35. The molecule has 0 spiro atoms. The van der Waals surface area contributed by atoms with Crippen LogP contribution in [0.3, 0.4) is 0 Å². The van der Waals surface area contributed by atoms with E-state index in [0.717, 1.165) is 64.6 Å². The first kappa shape index (κ1) is 25.9. The normalized spacial score (nSPS) is 12.6. The molecule has 2 heterocycles. The Morgan fingerprint density at radius 1 is 1.03 bits per heavy atom. The molecule has 3 nitrogen and oxygen atoms in total. The minimum Gasteiger partial charge on any atom is -0.257 e. The van der Waals surface area contributed by atoms with Crippen LogP contribution in [0.4, 0.5) is 4.39 Å². The van der Waals surface area contributed by atoms with Crippen LogP contribution in [0.1, 0.15) is 95.7 Å².